The number of rotatable bonds is 17. The van der Waals surface area contributed by atoms with Gasteiger partial charge in [0.2, 0.25) is 0 Å². The molecular formula is C23H49NO4. The van der Waals surface area contributed by atoms with E-state index in [1.165, 1.54) is 0 Å². The van der Waals surface area contributed by atoms with Crippen molar-refractivity contribution in [2.75, 3.05) is 32.8 Å². The maximum Gasteiger partial charge on any atom is 0.0938 e. The molecule has 0 saturated heterocycles. The summed E-state index contributed by atoms with van der Waals surface area (Å²) in [6, 6.07) is 0. The average Bonchev–Trinajstić information content (AvgIpc) is 2.54. The fourth-order valence-corrected chi connectivity index (χ4v) is 2.91. The predicted molar refractivity (Wildman–Crippen MR) is 118 cm³/mol. The van der Waals surface area contributed by atoms with Crippen molar-refractivity contribution in [1.82, 2.24) is 4.90 Å². The van der Waals surface area contributed by atoms with Gasteiger partial charge in [-0.05, 0) is 74.3 Å². The number of ether oxygens (including phenoxy) is 4. The minimum Gasteiger partial charge on any atom is -0.376 e. The van der Waals surface area contributed by atoms with Crippen molar-refractivity contribution in [2.24, 2.45) is 5.92 Å². The van der Waals surface area contributed by atoms with Gasteiger partial charge in [-0.25, -0.2) is 0 Å². The Kier molecular flexibility index (Phi) is 15.5. The molecule has 170 valence electrons. The largest absolute Gasteiger partial charge is 0.376 e. The molecule has 0 amide bonds. The topological polar surface area (TPSA) is 40.2 Å². The highest BCUT2D eigenvalue weighted by atomic mass is 16.5. The number of hydrogen-bond acceptors (Lipinski definition) is 5. The summed E-state index contributed by atoms with van der Waals surface area (Å²) in [7, 11) is 0. The highest BCUT2D eigenvalue weighted by Crippen LogP contribution is 2.11. The van der Waals surface area contributed by atoms with Crippen LogP contribution in [0.15, 0.2) is 0 Å². The van der Waals surface area contributed by atoms with Gasteiger partial charge in [0, 0.05) is 13.1 Å². The molecule has 0 rings (SSSR count). The Morgan fingerprint density at radius 3 is 1.25 bits per heavy atom. The molecule has 0 fully saturated rings. The van der Waals surface area contributed by atoms with Crippen molar-refractivity contribution in [2.45, 2.75) is 112 Å². The van der Waals surface area contributed by atoms with E-state index in [0.717, 1.165) is 26.1 Å². The van der Waals surface area contributed by atoms with E-state index >= 15 is 0 Å². The van der Waals surface area contributed by atoms with Crippen molar-refractivity contribution in [3.05, 3.63) is 0 Å². The third-order valence-corrected chi connectivity index (χ3v) is 4.11. The standard InChI is InChI=1S/C23H49NO4/c1-17(2)11-12-24(13-22(27-20(7)8)15-25-18(3)4)14-23(28-21(9)10)16-26-19(5)6/h17-23H,11-16H2,1-10H3. The zero-order chi connectivity index (χ0) is 21.7. The molecule has 0 spiro atoms. The lowest BCUT2D eigenvalue weighted by molar-refractivity contribution is -0.0914. The second kappa shape index (κ2) is 15.6. The Morgan fingerprint density at radius 1 is 0.571 bits per heavy atom. The van der Waals surface area contributed by atoms with Crippen molar-refractivity contribution in [1.29, 1.82) is 0 Å². The Balaban J connectivity index is 5.08. The van der Waals surface area contributed by atoms with E-state index in [1.807, 2.05) is 0 Å². The van der Waals surface area contributed by atoms with E-state index in [2.05, 4.69) is 74.1 Å². The highest BCUT2D eigenvalue weighted by Gasteiger charge is 2.22. The van der Waals surface area contributed by atoms with Gasteiger partial charge in [-0.3, -0.25) is 4.90 Å². The normalized spacial score (nSPS) is 15.0. The summed E-state index contributed by atoms with van der Waals surface area (Å²) in [5.74, 6) is 0.662. The van der Waals surface area contributed by atoms with Crippen LogP contribution in [0.2, 0.25) is 0 Å². The first-order chi connectivity index (χ1) is 13.0. The summed E-state index contributed by atoms with van der Waals surface area (Å²) < 4.78 is 24.1. The monoisotopic (exact) mass is 403 g/mol. The first-order valence-corrected chi connectivity index (χ1v) is 11.3. The van der Waals surface area contributed by atoms with Gasteiger partial charge in [0.05, 0.1) is 49.8 Å². The second-order valence-electron chi connectivity index (χ2n) is 9.32. The lowest BCUT2D eigenvalue weighted by Gasteiger charge is -2.33. The fourth-order valence-electron chi connectivity index (χ4n) is 2.91. The van der Waals surface area contributed by atoms with Crippen LogP contribution >= 0.6 is 0 Å². The van der Waals surface area contributed by atoms with Crippen LogP contribution in [0.1, 0.15) is 75.7 Å². The predicted octanol–water partition coefficient (Wildman–Crippen LogP) is 4.77. The molecule has 0 aromatic rings. The van der Waals surface area contributed by atoms with Gasteiger partial charge >= 0.3 is 0 Å². The molecule has 0 N–H and O–H groups in total. The van der Waals surface area contributed by atoms with E-state index in [9.17, 15) is 0 Å². The molecule has 2 atom stereocenters. The minimum absolute atomic E-state index is 0.0558. The number of hydrogen-bond donors (Lipinski definition) is 0. The van der Waals surface area contributed by atoms with Gasteiger partial charge in [-0.1, -0.05) is 13.8 Å². The van der Waals surface area contributed by atoms with E-state index in [4.69, 9.17) is 18.9 Å². The third kappa shape index (κ3) is 16.7. The lowest BCUT2D eigenvalue weighted by atomic mass is 10.1. The molecule has 0 bridgehead atoms. The van der Waals surface area contributed by atoms with Crippen molar-refractivity contribution >= 4 is 0 Å². The van der Waals surface area contributed by atoms with E-state index in [-0.39, 0.29) is 36.6 Å². The third-order valence-electron chi connectivity index (χ3n) is 4.11. The maximum absolute atomic E-state index is 6.16. The van der Waals surface area contributed by atoms with Crippen LogP contribution in [0.5, 0.6) is 0 Å². The average molecular weight is 404 g/mol. The fraction of sp³-hybridized carbons (Fsp3) is 1.00. The first-order valence-electron chi connectivity index (χ1n) is 11.3. The Bertz CT molecular complexity index is 331. The van der Waals surface area contributed by atoms with E-state index in [0.29, 0.717) is 19.1 Å². The van der Waals surface area contributed by atoms with Gasteiger partial charge in [0.15, 0.2) is 0 Å². The van der Waals surface area contributed by atoms with Crippen LogP contribution in [0.4, 0.5) is 0 Å². The van der Waals surface area contributed by atoms with Gasteiger partial charge in [-0.2, -0.15) is 0 Å². The summed E-state index contributed by atoms with van der Waals surface area (Å²) in [5, 5.41) is 0. The molecule has 0 saturated carbocycles. The molecule has 5 heteroatoms. The zero-order valence-corrected chi connectivity index (χ0v) is 20.4. The summed E-state index contributed by atoms with van der Waals surface area (Å²) in [5.41, 5.74) is 0. The van der Waals surface area contributed by atoms with Crippen LogP contribution in [-0.2, 0) is 18.9 Å². The van der Waals surface area contributed by atoms with Gasteiger partial charge in [-0.15, -0.1) is 0 Å². The zero-order valence-electron chi connectivity index (χ0n) is 20.4. The molecule has 0 aromatic heterocycles. The van der Waals surface area contributed by atoms with Crippen LogP contribution in [0, 0.1) is 5.92 Å². The summed E-state index contributed by atoms with van der Waals surface area (Å²) in [4.78, 5) is 2.47. The molecule has 0 aliphatic rings. The molecule has 0 aliphatic heterocycles. The smallest absolute Gasteiger partial charge is 0.0938 e. The molecule has 0 aromatic carbocycles. The summed E-state index contributed by atoms with van der Waals surface area (Å²) >= 11 is 0. The molecule has 0 radical (unpaired) electrons. The highest BCUT2D eigenvalue weighted by molar-refractivity contribution is 4.73. The Labute approximate surface area is 175 Å². The van der Waals surface area contributed by atoms with Crippen LogP contribution in [-0.4, -0.2) is 74.4 Å². The molecular weight excluding hydrogens is 354 g/mol. The van der Waals surface area contributed by atoms with Crippen LogP contribution < -0.4 is 0 Å². The first kappa shape index (κ1) is 27.8. The molecule has 5 nitrogen and oxygen atoms in total. The SMILES string of the molecule is CC(C)CCN(CC(COC(C)C)OC(C)C)CC(COC(C)C)OC(C)C. The lowest BCUT2D eigenvalue weighted by Crippen LogP contribution is -2.44. The van der Waals surface area contributed by atoms with Crippen LogP contribution in [0.25, 0.3) is 0 Å². The summed E-state index contributed by atoms with van der Waals surface area (Å²) in [6.07, 6.45) is 2.04. The quantitative estimate of drug-likeness (QED) is 0.350. The van der Waals surface area contributed by atoms with Crippen molar-refractivity contribution in [3.8, 4) is 0 Å². The second-order valence-corrected chi connectivity index (χ2v) is 9.32. The van der Waals surface area contributed by atoms with Gasteiger partial charge in [0.25, 0.3) is 0 Å². The van der Waals surface area contributed by atoms with Crippen LogP contribution in [0.3, 0.4) is 0 Å². The van der Waals surface area contributed by atoms with E-state index < -0.39 is 0 Å². The Morgan fingerprint density at radius 2 is 0.964 bits per heavy atom. The molecule has 0 aliphatic carbocycles. The maximum atomic E-state index is 6.16. The Hall–Kier alpha value is -0.200. The van der Waals surface area contributed by atoms with Gasteiger partial charge < -0.3 is 18.9 Å². The van der Waals surface area contributed by atoms with Gasteiger partial charge in [0.1, 0.15) is 0 Å². The van der Waals surface area contributed by atoms with Crippen molar-refractivity contribution < 1.29 is 18.9 Å². The molecule has 2 unspecified atom stereocenters. The molecule has 0 heterocycles. The van der Waals surface area contributed by atoms with E-state index in [1.54, 1.807) is 0 Å². The minimum atomic E-state index is 0.0558. The molecule has 28 heavy (non-hydrogen) atoms. The number of nitrogens with zero attached hydrogens (tertiary/aromatic N) is 1. The summed E-state index contributed by atoms with van der Waals surface area (Å²) in [6.45, 7) is 25.1. The van der Waals surface area contributed by atoms with Crippen molar-refractivity contribution in [3.63, 3.8) is 0 Å².